The first-order chi connectivity index (χ1) is 38.7. The predicted molar refractivity (Wildman–Crippen MR) is 294 cm³/mol. The average Bonchev–Trinajstić information content (AvgIpc) is 4.25. The van der Waals surface area contributed by atoms with Gasteiger partial charge in [0.2, 0.25) is 17.7 Å². The number of nitrogens with two attached hydrogens (primary N) is 1. The second kappa shape index (κ2) is 27.0. The third-order valence-corrected chi connectivity index (χ3v) is 12.9. The van der Waals surface area contributed by atoms with Gasteiger partial charge in [-0.05, 0) is 98.7 Å². The molecule has 0 bridgehead atoms. The van der Waals surface area contributed by atoms with Crippen molar-refractivity contribution in [1.82, 2.24) is 60.3 Å². The standard InChI is InChI=1S/C57H62N14O9/c1-36(2)51(68-48(72)16-5-4-8-30-70-49(73)23-24-50(70)74)55(76)65-44(14-10-27-60-56(58)77)54(75)64-41-20-17-38(18-21-41)34-79-57(78)69(31-39-12-6-7-15-45(39)80-42-25-28-59-29-26-42)33-46-66-52(40-19-22-47-61-35-62-71(47)32-40)53(67-46)43-13-9-11-37(3)63-43/h6-7,9,11-13,15,17-26,28-29,32,35-36,44,51H,4-5,8,10,14,16,27,30-31,33-34H2,1-3H3,(H,64,75)(H,65,76)(H,66,67)(H,68,72)(H3,58,60,77)/t44?,51-/m0/s1. The van der Waals surface area contributed by atoms with Crippen molar-refractivity contribution in [2.75, 3.05) is 18.4 Å². The van der Waals surface area contributed by atoms with Crippen LogP contribution in [0.15, 0.2) is 128 Å². The van der Waals surface area contributed by atoms with Gasteiger partial charge in [0.05, 0.1) is 30.2 Å². The molecule has 0 saturated heterocycles. The monoisotopic (exact) mass is 1090 g/mol. The first kappa shape index (κ1) is 56.4. The molecule has 80 heavy (non-hydrogen) atoms. The number of anilines is 1. The van der Waals surface area contributed by atoms with E-state index in [2.05, 4.69) is 41.3 Å². The third kappa shape index (κ3) is 15.4. The van der Waals surface area contributed by atoms with E-state index in [1.54, 1.807) is 67.2 Å². The second-order valence-corrected chi connectivity index (χ2v) is 19.3. The summed E-state index contributed by atoms with van der Waals surface area (Å²) < 4.78 is 13.9. The van der Waals surface area contributed by atoms with Crippen molar-refractivity contribution < 1.29 is 43.0 Å². The molecule has 1 aliphatic heterocycles. The molecule has 7 N–H and O–H groups in total. The van der Waals surface area contributed by atoms with E-state index in [0.29, 0.717) is 76.1 Å². The Morgan fingerprint density at radius 2 is 1.59 bits per heavy atom. The fourth-order valence-corrected chi connectivity index (χ4v) is 8.73. The second-order valence-electron chi connectivity index (χ2n) is 19.3. The highest BCUT2D eigenvalue weighted by Crippen LogP contribution is 2.31. The van der Waals surface area contributed by atoms with Crippen LogP contribution in [-0.4, -0.2) is 111 Å². The minimum Gasteiger partial charge on any atom is -0.457 e. The molecule has 0 fully saturated rings. The summed E-state index contributed by atoms with van der Waals surface area (Å²) >= 11 is 0. The van der Waals surface area contributed by atoms with Crippen molar-refractivity contribution >= 4 is 53.0 Å². The molecular weight excluding hydrogens is 1020 g/mol. The molecule has 1 unspecified atom stereocenters. The van der Waals surface area contributed by atoms with Gasteiger partial charge in [-0.25, -0.2) is 24.1 Å². The Bertz CT molecular complexity index is 3340. The number of aromatic nitrogens is 7. The van der Waals surface area contributed by atoms with Gasteiger partial charge >= 0.3 is 12.1 Å². The lowest BCUT2D eigenvalue weighted by molar-refractivity contribution is -0.137. The molecule has 5 aromatic heterocycles. The van der Waals surface area contributed by atoms with Gasteiger partial charge in [0.15, 0.2) is 5.65 Å². The maximum absolute atomic E-state index is 14.4. The van der Waals surface area contributed by atoms with E-state index in [9.17, 15) is 33.6 Å². The number of imidazole rings is 1. The molecule has 8 rings (SSSR count). The van der Waals surface area contributed by atoms with Crippen molar-refractivity contribution in [1.29, 1.82) is 0 Å². The Hall–Kier alpha value is -9.80. The van der Waals surface area contributed by atoms with Gasteiger partial charge in [0.25, 0.3) is 11.8 Å². The van der Waals surface area contributed by atoms with Crippen molar-refractivity contribution in [2.45, 2.75) is 91.1 Å². The van der Waals surface area contributed by atoms with Crippen LogP contribution < -0.4 is 31.7 Å². The molecule has 23 heteroatoms. The van der Waals surface area contributed by atoms with Crippen LogP contribution in [0.3, 0.4) is 0 Å². The first-order valence-corrected chi connectivity index (χ1v) is 26.1. The van der Waals surface area contributed by atoms with Gasteiger partial charge in [-0.2, -0.15) is 5.10 Å². The number of primary amides is 1. The highest BCUT2D eigenvalue weighted by atomic mass is 16.6. The first-order valence-electron chi connectivity index (χ1n) is 26.1. The lowest BCUT2D eigenvalue weighted by Crippen LogP contribution is -2.54. The van der Waals surface area contributed by atoms with E-state index in [1.165, 1.54) is 23.4 Å². The Balaban J connectivity index is 0.939. The highest BCUT2D eigenvalue weighted by molar-refractivity contribution is 6.12. The van der Waals surface area contributed by atoms with Crippen molar-refractivity contribution in [3.63, 3.8) is 0 Å². The highest BCUT2D eigenvalue weighted by Gasteiger charge is 2.30. The van der Waals surface area contributed by atoms with Gasteiger partial charge in [0.1, 0.15) is 42.3 Å². The largest absolute Gasteiger partial charge is 0.457 e. The number of hydrogen-bond acceptors (Lipinski definition) is 14. The molecule has 2 aromatic carbocycles. The summed E-state index contributed by atoms with van der Waals surface area (Å²) in [4.78, 5) is 114. The molecule has 0 spiro atoms. The number of nitrogens with zero attached hydrogens (tertiary/aromatic N) is 8. The van der Waals surface area contributed by atoms with E-state index in [1.807, 2.05) is 67.7 Å². The van der Waals surface area contributed by atoms with Crippen LogP contribution in [0.2, 0.25) is 0 Å². The number of benzene rings is 2. The van der Waals surface area contributed by atoms with E-state index < -0.39 is 36.0 Å². The van der Waals surface area contributed by atoms with E-state index >= 15 is 0 Å². The van der Waals surface area contributed by atoms with Gasteiger partial charge in [-0.15, -0.1) is 0 Å². The number of para-hydroxylation sites is 1. The molecule has 1 aliphatic rings. The van der Waals surface area contributed by atoms with Crippen LogP contribution in [0.1, 0.15) is 75.0 Å². The Morgan fingerprint density at radius 3 is 2.34 bits per heavy atom. The summed E-state index contributed by atoms with van der Waals surface area (Å²) in [5, 5.41) is 15.2. The van der Waals surface area contributed by atoms with Crippen molar-refractivity contribution in [3.8, 4) is 34.1 Å². The summed E-state index contributed by atoms with van der Waals surface area (Å²) in [6, 6.07) is 24.1. The number of aromatic amines is 1. The molecule has 2 atom stereocenters. The number of urea groups is 1. The van der Waals surface area contributed by atoms with Crippen molar-refractivity contribution in [3.05, 3.63) is 151 Å². The van der Waals surface area contributed by atoms with E-state index in [0.717, 1.165) is 16.2 Å². The van der Waals surface area contributed by atoms with Gasteiger partial charge in [-0.3, -0.25) is 43.7 Å². The normalized spacial score (nSPS) is 12.8. The fraction of sp³-hybridized carbons (Fsp3) is 0.298. The predicted octanol–water partition coefficient (Wildman–Crippen LogP) is 6.51. The lowest BCUT2D eigenvalue weighted by Gasteiger charge is -2.25. The van der Waals surface area contributed by atoms with E-state index in [4.69, 9.17) is 25.2 Å². The summed E-state index contributed by atoms with van der Waals surface area (Å²) in [6.07, 6.45) is 10.4. The Labute approximate surface area is 460 Å². The number of pyridine rings is 3. The number of hydrogen-bond donors (Lipinski definition) is 6. The average molecular weight is 1090 g/mol. The zero-order valence-corrected chi connectivity index (χ0v) is 44.5. The minimum atomic E-state index is -1.08. The zero-order chi connectivity index (χ0) is 56.5. The van der Waals surface area contributed by atoms with Crippen LogP contribution in [0, 0.1) is 12.8 Å². The molecule has 0 saturated carbocycles. The van der Waals surface area contributed by atoms with Gasteiger partial charge in [-0.1, -0.05) is 56.7 Å². The molecule has 23 nitrogen and oxygen atoms in total. The zero-order valence-electron chi connectivity index (χ0n) is 44.5. The number of carbonyl (C=O) groups excluding carboxylic acids is 7. The molecular formula is C57H62N14O9. The summed E-state index contributed by atoms with van der Waals surface area (Å²) in [5.74, 6) is -1.06. The number of rotatable bonds is 26. The Morgan fingerprint density at radius 1 is 0.812 bits per heavy atom. The molecule has 0 radical (unpaired) electrons. The summed E-state index contributed by atoms with van der Waals surface area (Å²) in [5.41, 5.74) is 11.0. The third-order valence-electron chi connectivity index (χ3n) is 12.9. The van der Waals surface area contributed by atoms with Crippen LogP contribution in [-0.2, 0) is 48.4 Å². The summed E-state index contributed by atoms with van der Waals surface area (Å²) in [7, 11) is 0. The number of nitrogens with one attached hydrogen (secondary N) is 5. The SMILES string of the molecule is Cc1cccc(-c2[nH]c(CN(Cc3ccccc3Oc3ccncc3)C(=O)OCc3ccc(NC(=O)C(CCCNC(N)=O)NC(=O)[C@@H](NC(=O)CCCCCN4C(=O)C=CC4=O)C(C)C)cc3)nc2-c2ccc3ncnn3c2)n1. The number of H-pyrrole nitrogens is 1. The number of ether oxygens (including phenoxy) is 2. The maximum atomic E-state index is 14.4. The molecule has 8 amide bonds. The topological polar surface area (TPSA) is 303 Å². The molecule has 0 aliphatic carbocycles. The molecule has 414 valence electrons. The van der Waals surface area contributed by atoms with Crippen LogP contribution in [0.4, 0.5) is 15.3 Å². The lowest BCUT2D eigenvalue weighted by atomic mass is 10.0. The number of unbranched alkanes of at least 4 members (excludes halogenated alkanes) is 2. The number of fused-ring (bicyclic) bond motifs is 1. The minimum absolute atomic E-state index is 0.0223. The Kier molecular flexibility index (Phi) is 19.0. The van der Waals surface area contributed by atoms with E-state index in [-0.39, 0.29) is 75.7 Å². The quantitative estimate of drug-likeness (QED) is 0.0249. The van der Waals surface area contributed by atoms with Gasteiger partial charge in [0, 0.05) is 72.8 Å². The number of carbonyl (C=O) groups is 7. The molecule has 6 heterocycles. The number of imide groups is 1. The van der Waals surface area contributed by atoms with Crippen molar-refractivity contribution in [2.24, 2.45) is 11.7 Å². The maximum Gasteiger partial charge on any atom is 0.410 e. The number of aryl methyl sites for hydroxylation is 1. The summed E-state index contributed by atoms with van der Waals surface area (Å²) in [6.45, 7) is 5.71. The smallest absolute Gasteiger partial charge is 0.410 e. The molecule has 7 aromatic rings. The number of amides is 8. The van der Waals surface area contributed by atoms with Gasteiger partial charge < -0.3 is 41.5 Å². The van der Waals surface area contributed by atoms with Crippen LogP contribution in [0.25, 0.3) is 28.3 Å². The van der Waals surface area contributed by atoms with Crippen LogP contribution in [0.5, 0.6) is 11.5 Å². The fourth-order valence-electron chi connectivity index (χ4n) is 8.73. The van der Waals surface area contributed by atoms with Crippen LogP contribution >= 0.6 is 0 Å².